The lowest BCUT2D eigenvalue weighted by atomic mass is 9.73. The Hall–Kier alpha value is -2.46. The minimum Gasteiger partial charge on any atom is -0.324 e. The fourth-order valence-electron chi connectivity index (χ4n) is 4.79. The number of hydrogen-bond acceptors (Lipinski definition) is 5. The molecule has 2 N–H and O–H groups in total. The van der Waals surface area contributed by atoms with Gasteiger partial charge < -0.3 is 10.6 Å². The molecule has 2 saturated heterocycles. The molecule has 3 fully saturated rings. The summed E-state index contributed by atoms with van der Waals surface area (Å²) in [6, 6.07) is 5.48. The van der Waals surface area contributed by atoms with Gasteiger partial charge in [-0.3, -0.25) is 14.5 Å². The number of carbonyl (C=O) groups is 3. The Labute approximate surface area is 182 Å². The van der Waals surface area contributed by atoms with E-state index >= 15 is 0 Å². The Morgan fingerprint density at radius 2 is 1.94 bits per heavy atom. The average Bonchev–Trinajstić information content (AvgIpc) is 3.35. The van der Waals surface area contributed by atoms with E-state index < -0.39 is 34.0 Å². The predicted molar refractivity (Wildman–Crippen MR) is 114 cm³/mol. The molecule has 1 aromatic carbocycles. The molecule has 2 aliphatic heterocycles. The smallest absolute Gasteiger partial charge is 0.324 e. The minimum atomic E-state index is -3.61. The van der Waals surface area contributed by atoms with Crippen molar-refractivity contribution in [1.29, 1.82) is 0 Å². The second-order valence-corrected chi connectivity index (χ2v) is 10.6. The van der Waals surface area contributed by atoms with Gasteiger partial charge in [0.15, 0.2) is 0 Å². The molecular weight excluding hydrogens is 420 g/mol. The third kappa shape index (κ3) is 3.94. The van der Waals surface area contributed by atoms with E-state index in [1.165, 1.54) is 16.4 Å². The number of nitrogens with zero attached hydrogens (tertiary/aromatic N) is 2. The van der Waals surface area contributed by atoms with Gasteiger partial charge in [0.05, 0.1) is 4.90 Å². The number of nitrogens with one attached hydrogen (secondary N) is 2. The molecule has 2 atom stereocenters. The molecule has 1 spiro atoms. The van der Waals surface area contributed by atoms with Crippen LogP contribution in [0.1, 0.15) is 45.4 Å². The van der Waals surface area contributed by atoms with E-state index in [0.29, 0.717) is 25.2 Å². The van der Waals surface area contributed by atoms with E-state index in [0.717, 1.165) is 37.0 Å². The fraction of sp³-hybridized carbons (Fsp3) is 0.571. The molecule has 4 rings (SSSR count). The number of benzene rings is 1. The molecular formula is C21H28N4O5S. The Kier molecular flexibility index (Phi) is 5.78. The summed E-state index contributed by atoms with van der Waals surface area (Å²) < 4.78 is 26.9. The lowest BCUT2D eigenvalue weighted by Crippen LogP contribution is -2.54. The molecule has 168 valence electrons. The Morgan fingerprint density at radius 3 is 2.65 bits per heavy atom. The molecule has 3 aliphatic rings. The lowest BCUT2D eigenvalue weighted by molar-refractivity contribution is -0.136. The number of sulfonamides is 1. The summed E-state index contributed by atoms with van der Waals surface area (Å²) >= 11 is 0. The van der Waals surface area contributed by atoms with E-state index in [9.17, 15) is 22.8 Å². The number of urea groups is 1. The number of hydrogen-bond donors (Lipinski definition) is 2. The van der Waals surface area contributed by atoms with Gasteiger partial charge in [-0.15, -0.1) is 0 Å². The minimum absolute atomic E-state index is 0.0123. The molecule has 1 aromatic rings. The largest absolute Gasteiger partial charge is 0.325 e. The second kappa shape index (κ2) is 8.23. The number of imide groups is 1. The molecule has 9 nitrogen and oxygen atoms in total. The highest BCUT2D eigenvalue weighted by molar-refractivity contribution is 7.89. The van der Waals surface area contributed by atoms with E-state index in [2.05, 4.69) is 10.6 Å². The third-order valence-corrected chi connectivity index (χ3v) is 8.52. The Bertz CT molecular complexity index is 1000. The van der Waals surface area contributed by atoms with Gasteiger partial charge in [0.2, 0.25) is 15.9 Å². The van der Waals surface area contributed by atoms with Gasteiger partial charge in [-0.05, 0) is 49.8 Å². The lowest BCUT2D eigenvalue weighted by Gasteiger charge is -2.36. The van der Waals surface area contributed by atoms with Crippen molar-refractivity contribution < 1.29 is 22.8 Å². The number of amides is 4. The van der Waals surface area contributed by atoms with Crippen molar-refractivity contribution in [2.75, 3.05) is 25.0 Å². The molecule has 4 amide bonds. The quantitative estimate of drug-likeness (QED) is 0.668. The van der Waals surface area contributed by atoms with Crippen LogP contribution in [0.2, 0.25) is 0 Å². The normalized spacial score (nSPS) is 27.0. The van der Waals surface area contributed by atoms with Crippen molar-refractivity contribution in [1.82, 2.24) is 14.5 Å². The highest BCUT2D eigenvalue weighted by Crippen LogP contribution is 2.38. The van der Waals surface area contributed by atoms with Gasteiger partial charge in [0, 0.05) is 18.8 Å². The molecule has 1 aliphatic carbocycles. The van der Waals surface area contributed by atoms with Crippen LogP contribution in [0.5, 0.6) is 0 Å². The first kappa shape index (κ1) is 21.8. The third-order valence-electron chi connectivity index (χ3n) is 6.62. The Morgan fingerprint density at radius 1 is 1.19 bits per heavy atom. The molecule has 0 bridgehead atoms. The molecule has 0 unspecified atom stereocenters. The van der Waals surface area contributed by atoms with Crippen LogP contribution in [0.3, 0.4) is 0 Å². The summed E-state index contributed by atoms with van der Waals surface area (Å²) in [5.41, 5.74) is -0.614. The van der Waals surface area contributed by atoms with Crippen molar-refractivity contribution in [2.24, 2.45) is 5.92 Å². The van der Waals surface area contributed by atoms with Gasteiger partial charge in [0.25, 0.3) is 5.91 Å². The van der Waals surface area contributed by atoms with Crippen LogP contribution in [-0.4, -0.2) is 60.6 Å². The topological polar surface area (TPSA) is 116 Å². The molecule has 0 aromatic heterocycles. The first-order valence-corrected chi connectivity index (χ1v) is 12.2. The molecule has 10 heteroatoms. The van der Waals surface area contributed by atoms with Crippen molar-refractivity contribution in [3.63, 3.8) is 0 Å². The Balaban J connectivity index is 1.45. The van der Waals surface area contributed by atoms with E-state index in [-0.39, 0.29) is 16.7 Å². The van der Waals surface area contributed by atoms with Crippen molar-refractivity contribution in [3.8, 4) is 0 Å². The SMILES string of the molecule is C[C@@H]1CCCC[C@]12NC(=O)N(CC(=O)Nc1cccc(S(=O)(=O)N3CCCC3)c1)C2=O. The van der Waals surface area contributed by atoms with Gasteiger partial charge in [-0.25, -0.2) is 13.2 Å². The maximum Gasteiger partial charge on any atom is 0.325 e. The number of anilines is 1. The highest BCUT2D eigenvalue weighted by Gasteiger charge is 2.55. The molecule has 1 saturated carbocycles. The van der Waals surface area contributed by atoms with Crippen LogP contribution in [-0.2, 0) is 19.6 Å². The fourth-order valence-corrected chi connectivity index (χ4v) is 6.36. The van der Waals surface area contributed by atoms with Crippen LogP contribution in [0, 0.1) is 5.92 Å². The van der Waals surface area contributed by atoms with Gasteiger partial charge in [-0.2, -0.15) is 4.31 Å². The molecule has 0 radical (unpaired) electrons. The summed E-state index contributed by atoms with van der Waals surface area (Å²) in [5.74, 6) is -0.900. The monoisotopic (exact) mass is 448 g/mol. The van der Waals surface area contributed by atoms with Crippen LogP contribution >= 0.6 is 0 Å². The second-order valence-electron chi connectivity index (χ2n) is 8.63. The van der Waals surface area contributed by atoms with E-state index in [1.807, 2.05) is 6.92 Å². The molecule has 2 heterocycles. The maximum atomic E-state index is 13.0. The summed E-state index contributed by atoms with van der Waals surface area (Å²) in [4.78, 5) is 39.1. The van der Waals surface area contributed by atoms with Gasteiger partial charge in [-0.1, -0.05) is 25.8 Å². The standard InChI is InChI=1S/C21H28N4O5S/c1-15-7-2-3-10-21(15)19(27)25(20(28)23-21)14-18(26)22-16-8-6-9-17(13-16)31(29,30)24-11-4-5-12-24/h6,8-9,13,15H,2-5,7,10-12,14H2,1H3,(H,22,26)(H,23,28)/t15-,21+/m1/s1. The summed E-state index contributed by atoms with van der Waals surface area (Å²) in [6.45, 7) is 2.52. The zero-order valence-corrected chi connectivity index (χ0v) is 18.4. The zero-order chi connectivity index (χ0) is 22.2. The predicted octanol–water partition coefficient (Wildman–Crippen LogP) is 1.91. The number of rotatable bonds is 5. The van der Waals surface area contributed by atoms with Crippen LogP contribution in [0.4, 0.5) is 10.5 Å². The molecule has 31 heavy (non-hydrogen) atoms. The van der Waals surface area contributed by atoms with Crippen LogP contribution < -0.4 is 10.6 Å². The highest BCUT2D eigenvalue weighted by atomic mass is 32.2. The van der Waals surface area contributed by atoms with Crippen LogP contribution in [0.15, 0.2) is 29.2 Å². The van der Waals surface area contributed by atoms with Crippen molar-refractivity contribution in [3.05, 3.63) is 24.3 Å². The van der Waals surface area contributed by atoms with Crippen LogP contribution in [0.25, 0.3) is 0 Å². The van der Waals surface area contributed by atoms with E-state index in [4.69, 9.17) is 0 Å². The van der Waals surface area contributed by atoms with E-state index in [1.54, 1.807) is 12.1 Å². The van der Waals surface area contributed by atoms with Crippen molar-refractivity contribution >= 4 is 33.6 Å². The first-order valence-electron chi connectivity index (χ1n) is 10.8. The zero-order valence-electron chi connectivity index (χ0n) is 17.6. The van der Waals surface area contributed by atoms with Gasteiger partial charge in [0.1, 0.15) is 12.1 Å². The van der Waals surface area contributed by atoms with Crippen molar-refractivity contribution in [2.45, 2.75) is 55.9 Å². The maximum absolute atomic E-state index is 13.0. The number of carbonyl (C=O) groups excluding carboxylic acids is 3. The summed E-state index contributed by atoms with van der Waals surface area (Å²) in [7, 11) is -3.61. The summed E-state index contributed by atoms with van der Waals surface area (Å²) in [5, 5.41) is 5.44. The first-order chi connectivity index (χ1) is 14.7. The average molecular weight is 449 g/mol. The summed E-state index contributed by atoms with van der Waals surface area (Å²) in [6.07, 6.45) is 4.97. The van der Waals surface area contributed by atoms with Gasteiger partial charge >= 0.3 is 6.03 Å².